The van der Waals surface area contributed by atoms with Gasteiger partial charge in [-0.15, -0.1) is 0 Å². The van der Waals surface area contributed by atoms with Gasteiger partial charge >= 0.3 is 0 Å². The zero-order chi connectivity index (χ0) is 14.0. The Morgan fingerprint density at radius 1 is 1.47 bits per heavy atom. The van der Waals surface area contributed by atoms with Gasteiger partial charge in [-0.05, 0) is 46.3 Å². The van der Waals surface area contributed by atoms with Crippen LogP contribution in [0.3, 0.4) is 0 Å². The molecule has 1 saturated heterocycles. The Bertz CT molecular complexity index is 444. The quantitative estimate of drug-likeness (QED) is 0.900. The lowest BCUT2D eigenvalue weighted by Gasteiger charge is -2.38. The molecule has 0 aliphatic carbocycles. The van der Waals surface area contributed by atoms with Crippen molar-refractivity contribution in [3.63, 3.8) is 0 Å². The number of nitrogens with two attached hydrogens (primary N) is 1. The second-order valence-electron chi connectivity index (χ2n) is 5.72. The first-order valence-electron chi connectivity index (χ1n) is 7.11. The summed E-state index contributed by atoms with van der Waals surface area (Å²) < 4.78 is 0. The first-order chi connectivity index (χ1) is 9.02. The summed E-state index contributed by atoms with van der Waals surface area (Å²) in [7, 11) is 4.39. The summed E-state index contributed by atoms with van der Waals surface area (Å²) in [6.07, 6.45) is 2.53. The van der Waals surface area contributed by atoms with Crippen LogP contribution in [0.5, 0.6) is 0 Å². The Hall–Kier alpha value is -1.13. The minimum absolute atomic E-state index is 0.557. The van der Waals surface area contributed by atoms with Crippen LogP contribution < -0.4 is 10.6 Å². The fraction of sp³-hybridized carbons (Fsp3) is 0.667. The summed E-state index contributed by atoms with van der Waals surface area (Å²) in [6, 6.07) is 2.74. The topological polar surface area (TPSA) is 45.4 Å². The molecule has 1 atom stereocenters. The van der Waals surface area contributed by atoms with Crippen molar-refractivity contribution in [3.05, 3.63) is 23.0 Å². The van der Waals surface area contributed by atoms with E-state index in [9.17, 15) is 0 Å². The Balaban J connectivity index is 2.29. The van der Waals surface area contributed by atoms with Crippen molar-refractivity contribution in [1.82, 2.24) is 9.88 Å². The Morgan fingerprint density at radius 3 is 2.84 bits per heavy atom. The fourth-order valence-corrected chi connectivity index (χ4v) is 3.05. The van der Waals surface area contributed by atoms with Gasteiger partial charge in [-0.25, -0.2) is 0 Å². The van der Waals surface area contributed by atoms with Crippen molar-refractivity contribution in [1.29, 1.82) is 0 Å². The highest BCUT2D eigenvalue weighted by atomic mass is 15.2. The van der Waals surface area contributed by atoms with Gasteiger partial charge in [-0.3, -0.25) is 4.98 Å². The second-order valence-corrected chi connectivity index (χ2v) is 5.72. The highest BCUT2D eigenvalue weighted by Crippen LogP contribution is 2.26. The lowest BCUT2D eigenvalue weighted by molar-refractivity contribution is 0.248. The largest absolute Gasteiger partial charge is 0.370 e. The predicted molar refractivity (Wildman–Crippen MR) is 80.5 cm³/mol. The van der Waals surface area contributed by atoms with Gasteiger partial charge in [0.1, 0.15) is 0 Å². The number of aromatic nitrogens is 1. The van der Waals surface area contributed by atoms with E-state index in [1.165, 1.54) is 30.6 Å². The zero-order valence-electron chi connectivity index (χ0n) is 12.6. The summed E-state index contributed by atoms with van der Waals surface area (Å²) >= 11 is 0. The molecule has 0 saturated carbocycles. The molecule has 19 heavy (non-hydrogen) atoms. The smallest absolute Gasteiger partial charge is 0.0448 e. The van der Waals surface area contributed by atoms with E-state index in [4.69, 9.17) is 5.73 Å². The van der Waals surface area contributed by atoms with E-state index in [1.54, 1.807) is 0 Å². The Labute approximate surface area is 116 Å². The number of hydrogen-bond donors (Lipinski definition) is 1. The van der Waals surface area contributed by atoms with Crippen molar-refractivity contribution in [3.8, 4) is 0 Å². The van der Waals surface area contributed by atoms with E-state index in [0.717, 1.165) is 17.9 Å². The maximum atomic E-state index is 5.92. The fourth-order valence-electron chi connectivity index (χ4n) is 3.05. The standard InChI is InChI=1S/C15H26N4/c1-11-8-15(14(9-16)12(2)17-11)19(4)13-6-5-7-18(3)10-13/h8,13H,5-7,9-10,16H2,1-4H3. The summed E-state index contributed by atoms with van der Waals surface area (Å²) in [5, 5.41) is 0. The van der Waals surface area contributed by atoms with Crippen LogP contribution in [0.25, 0.3) is 0 Å². The predicted octanol–water partition coefficient (Wildman–Crippen LogP) is 1.69. The van der Waals surface area contributed by atoms with E-state index in [0.29, 0.717) is 12.6 Å². The molecular formula is C15H26N4. The number of rotatable bonds is 3. The monoisotopic (exact) mass is 262 g/mol. The normalized spacial score (nSPS) is 20.6. The van der Waals surface area contributed by atoms with Gasteiger partial charge in [0.25, 0.3) is 0 Å². The van der Waals surface area contributed by atoms with Gasteiger partial charge in [0, 0.05) is 48.8 Å². The molecule has 1 fully saturated rings. The summed E-state index contributed by atoms with van der Waals surface area (Å²) in [5.41, 5.74) is 10.5. The molecule has 1 aromatic rings. The molecule has 1 aliphatic rings. The highest BCUT2D eigenvalue weighted by molar-refractivity contribution is 5.56. The Morgan fingerprint density at radius 2 is 2.21 bits per heavy atom. The van der Waals surface area contributed by atoms with Gasteiger partial charge in [0.15, 0.2) is 0 Å². The molecule has 0 spiro atoms. The SMILES string of the molecule is Cc1cc(N(C)C2CCCN(C)C2)c(CN)c(C)n1. The molecule has 2 rings (SSSR count). The molecule has 0 amide bonds. The Kier molecular flexibility index (Phi) is 4.42. The number of anilines is 1. The first-order valence-corrected chi connectivity index (χ1v) is 7.11. The van der Waals surface area contributed by atoms with Crippen LogP contribution in [0, 0.1) is 13.8 Å². The van der Waals surface area contributed by atoms with Crippen LogP contribution in [0.4, 0.5) is 5.69 Å². The number of likely N-dealkylation sites (N-methyl/N-ethyl adjacent to an activating group) is 2. The van der Waals surface area contributed by atoms with Crippen molar-refractivity contribution in [2.24, 2.45) is 5.73 Å². The molecule has 0 aromatic carbocycles. The average Bonchev–Trinajstić information content (AvgIpc) is 2.37. The molecule has 1 aliphatic heterocycles. The van der Waals surface area contributed by atoms with Crippen molar-refractivity contribution in [2.75, 3.05) is 32.1 Å². The number of nitrogens with zero attached hydrogens (tertiary/aromatic N) is 3. The maximum Gasteiger partial charge on any atom is 0.0448 e. The van der Waals surface area contributed by atoms with Gasteiger partial charge < -0.3 is 15.5 Å². The number of likely N-dealkylation sites (tertiary alicyclic amines) is 1. The molecule has 0 bridgehead atoms. The third-order valence-corrected chi connectivity index (χ3v) is 4.17. The molecule has 2 N–H and O–H groups in total. The summed E-state index contributed by atoms with van der Waals surface area (Å²) in [4.78, 5) is 9.34. The molecule has 2 heterocycles. The molecule has 1 unspecified atom stereocenters. The van der Waals surface area contributed by atoms with E-state index in [-0.39, 0.29) is 0 Å². The van der Waals surface area contributed by atoms with Crippen molar-refractivity contribution >= 4 is 5.69 Å². The highest BCUT2D eigenvalue weighted by Gasteiger charge is 2.23. The van der Waals surface area contributed by atoms with E-state index in [2.05, 4.69) is 48.8 Å². The number of hydrogen-bond acceptors (Lipinski definition) is 4. The minimum Gasteiger partial charge on any atom is -0.370 e. The van der Waals surface area contributed by atoms with Crippen LogP contribution in [0.1, 0.15) is 29.8 Å². The van der Waals surface area contributed by atoms with E-state index >= 15 is 0 Å². The molecule has 4 heteroatoms. The molecular weight excluding hydrogens is 236 g/mol. The van der Waals surface area contributed by atoms with Gasteiger partial charge in [-0.2, -0.15) is 0 Å². The van der Waals surface area contributed by atoms with Crippen LogP contribution in [-0.4, -0.2) is 43.1 Å². The van der Waals surface area contributed by atoms with Gasteiger partial charge in [-0.1, -0.05) is 0 Å². The van der Waals surface area contributed by atoms with E-state index in [1.807, 2.05) is 0 Å². The second kappa shape index (κ2) is 5.88. The van der Waals surface area contributed by atoms with E-state index < -0.39 is 0 Å². The van der Waals surface area contributed by atoms with Crippen molar-refractivity contribution < 1.29 is 0 Å². The zero-order valence-corrected chi connectivity index (χ0v) is 12.6. The summed E-state index contributed by atoms with van der Waals surface area (Å²) in [6.45, 7) is 7.00. The third kappa shape index (κ3) is 3.07. The van der Waals surface area contributed by atoms with Crippen molar-refractivity contribution in [2.45, 2.75) is 39.3 Å². The maximum absolute atomic E-state index is 5.92. The average molecular weight is 262 g/mol. The number of aryl methyl sites for hydroxylation is 2. The molecule has 4 nitrogen and oxygen atoms in total. The lowest BCUT2D eigenvalue weighted by Crippen LogP contribution is -2.45. The number of pyridine rings is 1. The molecule has 106 valence electrons. The van der Waals surface area contributed by atoms with Crippen LogP contribution in [0.2, 0.25) is 0 Å². The third-order valence-electron chi connectivity index (χ3n) is 4.17. The lowest BCUT2D eigenvalue weighted by atomic mass is 10.0. The minimum atomic E-state index is 0.557. The molecule has 0 radical (unpaired) electrons. The summed E-state index contributed by atoms with van der Waals surface area (Å²) in [5.74, 6) is 0. The first kappa shape index (κ1) is 14.3. The van der Waals surface area contributed by atoms with Gasteiger partial charge in [0.2, 0.25) is 0 Å². The molecule has 1 aromatic heterocycles. The van der Waals surface area contributed by atoms with Crippen LogP contribution in [0.15, 0.2) is 6.07 Å². The van der Waals surface area contributed by atoms with Crippen LogP contribution >= 0.6 is 0 Å². The van der Waals surface area contributed by atoms with Crippen LogP contribution in [-0.2, 0) is 6.54 Å². The van der Waals surface area contributed by atoms with Gasteiger partial charge in [0.05, 0.1) is 0 Å². The number of piperidine rings is 1.